The molecule has 0 saturated heterocycles. The van der Waals surface area contributed by atoms with Crippen molar-refractivity contribution in [2.24, 2.45) is 5.92 Å². The Hall–Kier alpha value is 0.270. The van der Waals surface area contributed by atoms with Crippen molar-refractivity contribution in [3.8, 4) is 0 Å². The van der Waals surface area contributed by atoms with Gasteiger partial charge in [-0.25, -0.2) is 0 Å². The van der Waals surface area contributed by atoms with E-state index >= 15 is 0 Å². The summed E-state index contributed by atoms with van der Waals surface area (Å²) in [6.45, 7) is 3.32. The zero-order chi connectivity index (χ0) is 11.3. The van der Waals surface area contributed by atoms with Crippen LogP contribution in [0.5, 0.6) is 0 Å². The van der Waals surface area contributed by atoms with Crippen molar-refractivity contribution in [1.29, 1.82) is 0 Å². The van der Waals surface area contributed by atoms with Gasteiger partial charge >= 0.3 is 0 Å². The normalized spacial score (nSPS) is 28.6. The van der Waals surface area contributed by atoms with Crippen molar-refractivity contribution in [2.45, 2.75) is 44.8 Å². The second kappa shape index (κ2) is 6.77. The number of aliphatic hydroxyl groups excluding tert-OH is 1. The van der Waals surface area contributed by atoms with E-state index in [1.165, 1.54) is 25.0 Å². The maximum Gasteiger partial charge on any atom is 0.0580 e. The van der Waals surface area contributed by atoms with Crippen LogP contribution < -0.4 is 0 Å². The maximum absolute atomic E-state index is 9.79. The van der Waals surface area contributed by atoms with Crippen molar-refractivity contribution in [2.75, 3.05) is 25.6 Å². The van der Waals surface area contributed by atoms with Crippen molar-refractivity contribution in [3.63, 3.8) is 0 Å². The Balaban J connectivity index is 2.35. The molecule has 1 fully saturated rings. The minimum absolute atomic E-state index is 0.0424. The van der Waals surface area contributed by atoms with Gasteiger partial charge in [0.15, 0.2) is 0 Å². The zero-order valence-electron chi connectivity index (χ0n) is 10.3. The summed E-state index contributed by atoms with van der Waals surface area (Å²) in [5.74, 6) is 1.72. The summed E-state index contributed by atoms with van der Waals surface area (Å²) in [5.41, 5.74) is 0. The summed E-state index contributed by atoms with van der Waals surface area (Å²) < 4.78 is 0. The molecule has 0 bridgehead atoms. The standard InChI is InChI=1S/C12H25NOS/c1-4-11(9-15-3)13(2)8-10-6-5-7-12(10)14/h10-12,14H,4-9H2,1-3H3. The minimum atomic E-state index is -0.0424. The summed E-state index contributed by atoms with van der Waals surface area (Å²) in [6.07, 6.45) is 6.76. The van der Waals surface area contributed by atoms with Crippen LogP contribution in [0.3, 0.4) is 0 Å². The molecular formula is C12H25NOS. The average molecular weight is 231 g/mol. The highest BCUT2D eigenvalue weighted by Gasteiger charge is 2.27. The summed E-state index contributed by atoms with van der Waals surface area (Å²) in [7, 11) is 2.20. The van der Waals surface area contributed by atoms with Crippen molar-refractivity contribution >= 4 is 11.8 Å². The Morgan fingerprint density at radius 1 is 1.47 bits per heavy atom. The predicted molar refractivity (Wildman–Crippen MR) is 68.4 cm³/mol. The molecule has 1 aliphatic carbocycles. The molecular weight excluding hydrogens is 206 g/mol. The third kappa shape index (κ3) is 3.97. The summed E-state index contributed by atoms with van der Waals surface area (Å²) in [6, 6.07) is 0.674. The van der Waals surface area contributed by atoms with E-state index in [1.54, 1.807) is 0 Å². The van der Waals surface area contributed by atoms with Gasteiger partial charge in [-0.1, -0.05) is 13.3 Å². The van der Waals surface area contributed by atoms with Crippen LogP contribution in [0.4, 0.5) is 0 Å². The molecule has 1 rings (SSSR count). The fourth-order valence-electron chi connectivity index (χ4n) is 2.50. The van der Waals surface area contributed by atoms with E-state index in [-0.39, 0.29) is 6.10 Å². The molecule has 0 heterocycles. The highest BCUT2D eigenvalue weighted by Crippen LogP contribution is 2.26. The van der Waals surface area contributed by atoms with Gasteiger partial charge in [-0.3, -0.25) is 0 Å². The van der Waals surface area contributed by atoms with Gasteiger partial charge < -0.3 is 10.0 Å². The summed E-state index contributed by atoms with van der Waals surface area (Å²) in [5, 5.41) is 9.79. The van der Waals surface area contributed by atoms with Crippen molar-refractivity contribution in [1.82, 2.24) is 4.90 Å². The molecule has 90 valence electrons. The largest absolute Gasteiger partial charge is 0.393 e. The van der Waals surface area contributed by atoms with Gasteiger partial charge in [0.05, 0.1) is 6.10 Å². The molecule has 1 saturated carbocycles. The lowest BCUT2D eigenvalue weighted by molar-refractivity contribution is 0.0991. The smallest absolute Gasteiger partial charge is 0.0580 e. The average Bonchev–Trinajstić information content (AvgIpc) is 2.60. The third-order valence-corrected chi connectivity index (χ3v) is 4.31. The van der Waals surface area contributed by atoms with E-state index < -0.39 is 0 Å². The second-order valence-corrected chi connectivity index (χ2v) is 5.63. The van der Waals surface area contributed by atoms with Gasteiger partial charge in [0.2, 0.25) is 0 Å². The molecule has 0 radical (unpaired) electrons. The van der Waals surface area contributed by atoms with E-state index in [2.05, 4.69) is 25.1 Å². The molecule has 0 aliphatic heterocycles. The third-order valence-electron chi connectivity index (χ3n) is 3.60. The SMILES string of the molecule is CCC(CSC)N(C)CC1CCCC1O. The van der Waals surface area contributed by atoms with Crippen molar-refractivity contribution in [3.05, 3.63) is 0 Å². The van der Waals surface area contributed by atoms with Crippen LogP contribution in [-0.4, -0.2) is 47.8 Å². The van der Waals surface area contributed by atoms with Crippen LogP contribution >= 0.6 is 11.8 Å². The molecule has 0 spiro atoms. The summed E-state index contributed by atoms with van der Waals surface area (Å²) in [4.78, 5) is 2.44. The highest BCUT2D eigenvalue weighted by molar-refractivity contribution is 7.98. The van der Waals surface area contributed by atoms with Gasteiger partial charge in [-0.05, 0) is 38.5 Å². The number of rotatable bonds is 6. The molecule has 3 atom stereocenters. The molecule has 15 heavy (non-hydrogen) atoms. The van der Waals surface area contributed by atoms with E-state index in [0.29, 0.717) is 12.0 Å². The Morgan fingerprint density at radius 2 is 2.20 bits per heavy atom. The molecule has 0 amide bonds. The van der Waals surface area contributed by atoms with Gasteiger partial charge in [-0.15, -0.1) is 0 Å². The Labute approximate surface area is 98.4 Å². The first kappa shape index (κ1) is 13.3. The quantitative estimate of drug-likeness (QED) is 0.758. The topological polar surface area (TPSA) is 23.5 Å². The van der Waals surface area contributed by atoms with Gasteiger partial charge in [0.1, 0.15) is 0 Å². The number of thioether (sulfide) groups is 1. The highest BCUT2D eigenvalue weighted by atomic mass is 32.2. The lowest BCUT2D eigenvalue weighted by atomic mass is 10.0. The van der Waals surface area contributed by atoms with Crippen molar-refractivity contribution < 1.29 is 5.11 Å². The second-order valence-electron chi connectivity index (χ2n) is 4.72. The van der Waals surface area contributed by atoms with Crippen LogP contribution in [0.25, 0.3) is 0 Å². The lowest BCUT2D eigenvalue weighted by Gasteiger charge is -2.30. The number of hydrogen-bond donors (Lipinski definition) is 1. The monoisotopic (exact) mass is 231 g/mol. The van der Waals surface area contributed by atoms with Crippen LogP contribution in [0.2, 0.25) is 0 Å². The van der Waals surface area contributed by atoms with Crippen LogP contribution in [0, 0.1) is 5.92 Å². The molecule has 3 unspecified atom stereocenters. The molecule has 0 aromatic heterocycles. The molecule has 1 aliphatic rings. The first-order chi connectivity index (χ1) is 7.19. The maximum atomic E-state index is 9.79. The number of hydrogen-bond acceptors (Lipinski definition) is 3. The Morgan fingerprint density at radius 3 is 2.67 bits per heavy atom. The predicted octanol–water partition coefficient (Wildman–Crippen LogP) is 2.22. The first-order valence-corrected chi connectivity index (χ1v) is 7.45. The molecule has 0 aromatic carbocycles. The van der Waals surface area contributed by atoms with Gasteiger partial charge in [0, 0.05) is 18.3 Å². The fourth-order valence-corrected chi connectivity index (χ4v) is 3.37. The number of aliphatic hydroxyl groups is 1. The number of nitrogens with zero attached hydrogens (tertiary/aromatic N) is 1. The summed E-state index contributed by atoms with van der Waals surface area (Å²) >= 11 is 1.92. The van der Waals surface area contributed by atoms with E-state index in [1.807, 2.05) is 11.8 Å². The van der Waals surface area contributed by atoms with Crippen LogP contribution in [-0.2, 0) is 0 Å². The molecule has 0 aromatic rings. The fraction of sp³-hybridized carbons (Fsp3) is 1.00. The van der Waals surface area contributed by atoms with Gasteiger partial charge in [0.25, 0.3) is 0 Å². The van der Waals surface area contributed by atoms with Crippen LogP contribution in [0.15, 0.2) is 0 Å². The zero-order valence-corrected chi connectivity index (χ0v) is 11.1. The Bertz CT molecular complexity index is 177. The van der Waals surface area contributed by atoms with E-state index in [4.69, 9.17) is 0 Å². The first-order valence-electron chi connectivity index (χ1n) is 6.06. The molecule has 3 heteroatoms. The molecule has 2 nitrogen and oxygen atoms in total. The van der Waals surface area contributed by atoms with E-state index in [9.17, 15) is 5.11 Å². The van der Waals surface area contributed by atoms with Crippen LogP contribution in [0.1, 0.15) is 32.6 Å². The van der Waals surface area contributed by atoms with Gasteiger partial charge in [-0.2, -0.15) is 11.8 Å². The lowest BCUT2D eigenvalue weighted by Crippen LogP contribution is -2.38. The molecule has 1 N–H and O–H groups in total. The van der Waals surface area contributed by atoms with E-state index in [0.717, 1.165) is 13.0 Å². The Kier molecular flexibility index (Phi) is 6.02. The minimum Gasteiger partial charge on any atom is -0.393 e.